The van der Waals surface area contributed by atoms with E-state index in [1.165, 1.54) is 17.7 Å². The lowest BCUT2D eigenvalue weighted by Gasteiger charge is -2.35. The summed E-state index contributed by atoms with van der Waals surface area (Å²) in [6, 6.07) is 4.78. The number of piperidine rings is 2. The van der Waals surface area contributed by atoms with Crippen molar-refractivity contribution in [1.82, 2.24) is 20.9 Å². The Morgan fingerprint density at radius 3 is 2.58 bits per heavy atom. The largest absolute Gasteiger partial charge is 0.492 e. The number of nitrogens with one attached hydrogen (secondary N) is 3. The molecule has 4 amide bonds. The third-order valence-corrected chi connectivity index (χ3v) is 6.76. The molecule has 0 aliphatic carbocycles. The Balaban J connectivity index is 1.36. The van der Waals surface area contributed by atoms with Crippen molar-refractivity contribution in [3.63, 3.8) is 0 Å². The molecule has 3 heterocycles. The van der Waals surface area contributed by atoms with E-state index in [0.717, 1.165) is 51.5 Å². The Bertz CT molecular complexity index is 862. The second-order valence-corrected chi connectivity index (χ2v) is 9.11. The number of rotatable bonds is 7. The number of carbonyl (C=O) groups is 3. The Labute approximate surface area is 195 Å². The summed E-state index contributed by atoms with van der Waals surface area (Å²) in [4.78, 5) is 40.9. The van der Waals surface area contributed by atoms with Crippen molar-refractivity contribution >= 4 is 23.5 Å². The number of urea groups is 1. The average molecular weight is 458 g/mol. The molecule has 4 rings (SSSR count). The molecule has 0 aromatic heterocycles. The normalized spacial score (nSPS) is 21.1. The van der Waals surface area contributed by atoms with Gasteiger partial charge in [-0.3, -0.25) is 19.8 Å². The zero-order chi connectivity index (χ0) is 23.2. The first-order chi connectivity index (χ1) is 16.0. The third-order valence-electron chi connectivity index (χ3n) is 6.76. The van der Waals surface area contributed by atoms with E-state index in [2.05, 4.69) is 20.9 Å². The van der Waals surface area contributed by atoms with Crippen LogP contribution in [-0.2, 0) is 4.79 Å². The van der Waals surface area contributed by atoms with Crippen LogP contribution in [0.25, 0.3) is 0 Å². The summed E-state index contributed by atoms with van der Waals surface area (Å²) in [5, 5.41) is 8.92. The molecule has 0 bridgehead atoms. The summed E-state index contributed by atoms with van der Waals surface area (Å²) < 4.78 is 5.68. The number of hydrogen-bond acceptors (Lipinski definition) is 6. The molecule has 0 spiro atoms. The first kappa shape index (κ1) is 23.5. The number of imide groups is 1. The van der Waals surface area contributed by atoms with Gasteiger partial charge < -0.3 is 20.3 Å². The molecule has 0 unspecified atom stereocenters. The summed E-state index contributed by atoms with van der Waals surface area (Å²) >= 11 is 0. The highest BCUT2D eigenvalue weighted by Crippen LogP contribution is 2.31. The maximum atomic E-state index is 13.0. The lowest BCUT2D eigenvalue weighted by Crippen LogP contribution is -2.49. The maximum Gasteiger partial charge on any atom is 0.328 e. The summed E-state index contributed by atoms with van der Waals surface area (Å²) in [5.41, 5.74) is 0.988. The topological polar surface area (TPSA) is 103 Å². The van der Waals surface area contributed by atoms with E-state index >= 15 is 0 Å². The van der Waals surface area contributed by atoms with Crippen LogP contribution < -0.4 is 25.6 Å². The first-order valence-electron chi connectivity index (χ1n) is 12.2. The van der Waals surface area contributed by atoms with Crippen LogP contribution in [0.4, 0.5) is 10.5 Å². The Morgan fingerprint density at radius 2 is 1.88 bits per heavy atom. The summed E-state index contributed by atoms with van der Waals surface area (Å²) in [5.74, 6) is 0.853. The molecule has 1 aromatic carbocycles. The van der Waals surface area contributed by atoms with E-state index < -0.39 is 6.03 Å². The van der Waals surface area contributed by atoms with Gasteiger partial charge in [0.2, 0.25) is 5.91 Å². The molecular weight excluding hydrogens is 422 g/mol. The van der Waals surface area contributed by atoms with Crippen LogP contribution >= 0.6 is 0 Å². The molecule has 0 atom stereocenters. The highest BCUT2D eigenvalue weighted by Gasteiger charge is 2.28. The molecule has 9 nitrogen and oxygen atoms in total. The van der Waals surface area contributed by atoms with Crippen LogP contribution in [0.1, 0.15) is 49.4 Å². The van der Waals surface area contributed by atoms with Gasteiger partial charge in [-0.25, -0.2) is 4.79 Å². The standard InChI is InChI=1S/C24H35N5O4/c1-2-33-21-4-3-18(15-20(21)29-14-9-22(30)27-24(29)32)23(31)26-19-7-12-28(13-8-19)16-17-5-10-25-11-6-17/h3-4,15,17,19,25H,2,5-14,16H2,1H3,(H,26,31)(H,27,30,32). The summed E-state index contributed by atoms with van der Waals surface area (Å²) in [7, 11) is 0. The van der Waals surface area contributed by atoms with Gasteiger partial charge in [0.15, 0.2) is 0 Å². The molecule has 0 saturated carbocycles. The van der Waals surface area contributed by atoms with Gasteiger partial charge in [0.05, 0.1) is 12.3 Å². The minimum Gasteiger partial charge on any atom is -0.492 e. The molecule has 1 aromatic rings. The molecule has 3 saturated heterocycles. The van der Waals surface area contributed by atoms with Gasteiger partial charge in [0, 0.05) is 44.2 Å². The van der Waals surface area contributed by atoms with Crippen molar-refractivity contribution in [2.75, 3.05) is 50.8 Å². The smallest absolute Gasteiger partial charge is 0.328 e. The van der Waals surface area contributed by atoms with Crippen molar-refractivity contribution in [2.45, 2.75) is 45.1 Å². The summed E-state index contributed by atoms with van der Waals surface area (Å²) in [6.07, 6.45) is 4.60. The number of amides is 4. The van der Waals surface area contributed by atoms with Gasteiger partial charge in [-0.05, 0) is 69.8 Å². The Kier molecular flexibility index (Phi) is 7.82. The van der Waals surface area contributed by atoms with E-state index in [0.29, 0.717) is 23.6 Å². The van der Waals surface area contributed by atoms with Gasteiger partial charge in [-0.15, -0.1) is 0 Å². The molecule has 9 heteroatoms. The van der Waals surface area contributed by atoms with Crippen molar-refractivity contribution < 1.29 is 19.1 Å². The third kappa shape index (κ3) is 6.03. The van der Waals surface area contributed by atoms with E-state index in [1.807, 2.05) is 6.92 Å². The van der Waals surface area contributed by atoms with Crippen molar-refractivity contribution in [3.8, 4) is 5.75 Å². The number of benzene rings is 1. The van der Waals surface area contributed by atoms with E-state index in [-0.39, 0.29) is 30.8 Å². The monoisotopic (exact) mass is 457 g/mol. The molecule has 3 aliphatic rings. The van der Waals surface area contributed by atoms with Crippen molar-refractivity contribution in [3.05, 3.63) is 23.8 Å². The van der Waals surface area contributed by atoms with Gasteiger partial charge in [-0.2, -0.15) is 0 Å². The highest BCUT2D eigenvalue weighted by molar-refractivity contribution is 6.07. The fourth-order valence-electron chi connectivity index (χ4n) is 4.90. The Hall–Kier alpha value is -2.65. The molecule has 3 N–H and O–H groups in total. The maximum absolute atomic E-state index is 13.0. The number of hydrogen-bond donors (Lipinski definition) is 3. The lowest BCUT2D eigenvalue weighted by atomic mass is 9.95. The SMILES string of the molecule is CCOc1ccc(C(=O)NC2CCN(CC3CCNCC3)CC2)cc1N1CCC(=O)NC1=O. The van der Waals surface area contributed by atoms with Crippen molar-refractivity contribution in [1.29, 1.82) is 0 Å². The average Bonchev–Trinajstić information content (AvgIpc) is 2.82. The molecule has 3 aliphatic heterocycles. The van der Waals surface area contributed by atoms with E-state index in [4.69, 9.17) is 4.74 Å². The molecule has 3 fully saturated rings. The molecule has 180 valence electrons. The number of anilines is 1. The lowest BCUT2D eigenvalue weighted by molar-refractivity contribution is -0.120. The Morgan fingerprint density at radius 1 is 1.12 bits per heavy atom. The van der Waals surface area contributed by atoms with Crippen LogP contribution in [0.15, 0.2) is 18.2 Å². The summed E-state index contributed by atoms with van der Waals surface area (Å²) in [6.45, 7) is 7.96. The van der Waals surface area contributed by atoms with Crippen LogP contribution in [0.2, 0.25) is 0 Å². The fraction of sp³-hybridized carbons (Fsp3) is 0.625. The highest BCUT2D eigenvalue weighted by atomic mass is 16.5. The zero-order valence-corrected chi connectivity index (χ0v) is 19.4. The number of nitrogens with zero attached hydrogens (tertiary/aromatic N) is 2. The fourth-order valence-corrected chi connectivity index (χ4v) is 4.90. The zero-order valence-electron chi connectivity index (χ0n) is 19.4. The van der Waals surface area contributed by atoms with Crippen LogP contribution in [0.5, 0.6) is 5.75 Å². The van der Waals surface area contributed by atoms with E-state index in [1.54, 1.807) is 18.2 Å². The van der Waals surface area contributed by atoms with Crippen LogP contribution in [0, 0.1) is 5.92 Å². The first-order valence-corrected chi connectivity index (χ1v) is 12.2. The van der Waals surface area contributed by atoms with Crippen LogP contribution in [0.3, 0.4) is 0 Å². The van der Waals surface area contributed by atoms with Gasteiger partial charge >= 0.3 is 6.03 Å². The van der Waals surface area contributed by atoms with Gasteiger partial charge in [0.25, 0.3) is 5.91 Å². The van der Waals surface area contributed by atoms with Crippen LogP contribution in [-0.4, -0.2) is 74.7 Å². The predicted octanol–water partition coefficient (Wildman–Crippen LogP) is 1.73. The second kappa shape index (κ2) is 11.0. The van der Waals surface area contributed by atoms with Crippen molar-refractivity contribution in [2.24, 2.45) is 5.92 Å². The minimum absolute atomic E-state index is 0.146. The molecule has 33 heavy (non-hydrogen) atoms. The molecular formula is C24H35N5O4. The van der Waals surface area contributed by atoms with Gasteiger partial charge in [0.1, 0.15) is 5.75 Å². The molecule has 0 radical (unpaired) electrons. The quantitative estimate of drug-likeness (QED) is 0.576. The number of carbonyl (C=O) groups excluding carboxylic acids is 3. The number of likely N-dealkylation sites (tertiary alicyclic amines) is 1. The minimum atomic E-state index is -0.495. The van der Waals surface area contributed by atoms with E-state index in [9.17, 15) is 14.4 Å². The predicted molar refractivity (Wildman–Crippen MR) is 126 cm³/mol. The van der Waals surface area contributed by atoms with Gasteiger partial charge in [-0.1, -0.05) is 0 Å². The number of ether oxygens (including phenoxy) is 1. The second-order valence-electron chi connectivity index (χ2n) is 9.11.